The molecule has 0 spiro atoms. The molecule has 1 aromatic rings. The first kappa shape index (κ1) is 12.6. The van der Waals surface area contributed by atoms with Crippen molar-refractivity contribution in [2.75, 3.05) is 19.8 Å². The van der Waals surface area contributed by atoms with E-state index >= 15 is 0 Å². The smallest absolute Gasteiger partial charge is 0.0624 e. The lowest BCUT2D eigenvalue weighted by Gasteiger charge is -2.24. The van der Waals surface area contributed by atoms with E-state index in [1.54, 1.807) is 0 Å². The van der Waals surface area contributed by atoms with Crippen LogP contribution in [0.4, 0.5) is 0 Å². The number of rotatable bonds is 5. The normalized spacial score (nSPS) is 24.4. The Hall–Kier alpha value is -0.870. The maximum Gasteiger partial charge on any atom is 0.0624 e. The number of hydrogen-bond donors (Lipinski definition) is 1. The highest BCUT2D eigenvalue weighted by Gasteiger charge is 2.35. The molecule has 1 aliphatic rings. The monoisotopic (exact) mass is 238 g/mol. The van der Waals surface area contributed by atoms with Crippen LogP contribution in [-0.4, -0.2) is 34.7 Å². The Balaban J connectivity index is 2.18. The Bertz CT molecular complexity index is 367. The van der Waals surface area contributed by atoms with E-state index in [1.165, 1.54) is 5.69 Å². The van der Waals surface area contributed by atoms with E-state index in [2.05, 4.69) is 29.7 Å². The quantitative estimate of drug-likeness (QED) is 0.843. The number of aliphatic hydroxyl groups is 1. The molecular weight excluding hydrogens is 216 g/mol. The van der Waals surface area contributed by atoms with Crippen LogP contribution in [-0.2, 0) is 24.1 Å². The van der Waals surface area contributed by atoms with Gasteiger partial charge >= 0.3 is 0 Å². The van der Waals surface area contributed by atoms with E-state index in [-0.39, 0.29) is 12.0 Å². The molecule has 17 heavy (non-hydrogen) atoms. The summed E-state index contributed by atoms with van der Waals surface area (Å²) < 4.78 is 7.49. The van der Waals surface area contributed by atoms with Crippen molar-refractivity contribution < 1.29 is 9.84 Å². The first-order valence-corrected chi connectivity index (χ1v) is 6.47. The maximum absolute atomic E-state index is 9.60. The van der Waals surface area contributed by atoms with Gasteiger partial charge in [0.15, 0.2) is 0 Å². The van der Waals surface area contributed by atoms with Crippen molar-refractivity contribution in [2.24, 2.45) is 5.41 Å². The molecule has 4 nitrogen and oxygen atoms in total. The van der Waals surface area contributed by atoms with Gasteiger partial charge in [-0.15, -0.1) is 0 Å². The molecule has 0 aliphatic carbocycles. The van der Waals surface area contributed by atoms with Crippen molar-refractivity contribution in [2.45, 2.75) is 39.7 Å². The predicted molar refractivity (Wildman–Crippen MR) is 65.9 cm³/mol. The Kier molecular flexibility index (Phi) is 3.84. The average molecular weight is 238 g/mol. The summed E-state index contributed by atoms with van der Waals surface area (Å²) >= 11 is 0. The van der Waals surface area contributed by atoms with Crippen molar-refractivity contribution in [3.8, 4) is 0 Å². The fourth-order valence-corrected chi connectivity index (χ4v) is 2.46. The minimum Gasteiger partial charge on any atom is -0.396 e. The summed E-state index contributed by atoms with van der Waals surface area (Å²) in [4.78, 5) is 0. The van der Waals surface area contributed by atoms with Crippen molar-refractivity contribution in [3.63, 3.8) is 0 Å². The third-order valence-corrected chi connectivity index (χ3v) is 3.65. The van der Waals surface area contributed by atoms with Gasteiger partial charge in [0.25, 0.3) is 0 Å². The van der Waals surface area contributed by atoms with Crippen LogP contribution >= 0.6 is 0 Å². The van der Waals surface area contributed by atoms with Crippen LogP contribution in [0.3, 0.4) is 0 Å². The molecule has 1 saturated heterocycles. The van der Waals surface area contributed by atoms with Gasteiger partial charge < -0.3 is 9.84 Å². The Morgan fingerprint density at radius 3 is 2.88 bits per heavy atom. The number of nitrogens with zero attached hydrogens (tertiary/aromatic N) is 2. The summed E-state index contributed by atoms with van der Waals surface area (Å²) in [6, 6.07) is 2.17. The fourth-order valence-electron chi connectivity index (χ4n) is 2.46. The zero-order valence-electron chi connectivity index (χ0n) is 10.8. The van der Waals surface area contributed by atoms with Crippen molar-refractivity contribution in [1.29, 1.82) is 0 Å². The van der Waals surface area contributed by atoms with Crippen molar-refractivity contribution in [1.82, 2.24) is 9.78 Å². The maximum atomic E-state index is 9.60. The fraction of sp³-hybridized carbons (Fsp3) is 0.769. The second-order valence-electron chi connectivity index (χ2n) is 4.93. The van der Waals surface area contributed by atoms with E-state index in [0.717, 1.165) is 38.1 Å². The summed E-state index contributed by atoms with van der Waals surface area (Å²) in [5.74, 6) is 0. The highest BCUT2D eigenvalue weighted by molar-refractivity contribution is 5.13. The van der Waals surface area contributed by atoms with Gasteiger partial charge in [-0.25, -0.2) is 0 Å². The summed E-state index contributed by atoms with van der Waals surface area (Å²) in [5.41, 5.74) is 2.27. The molecule has 1 atom stereocenters. The molecule has 0 aromatic carbocycles. The predicted octanol–water partition coefficient (Wildman–Crippen LogP) is 1.41. The third kappa shape index (κ3) is 2.53. The molecule has 96 valence electrons. The van der Waals surface area contributed by atoms with E-state index in [1.807, 2.05) is 0 Å². The Morgan fingerprint density at radius 2 is 2.35 bits per heavy atom. The Labute approximate surface area is 103 Å². The minimum absolute atomic E-state index is 0.0854. The molecule has 2 heterocycles. The first-order chi connectivity index (χ1) is 8.23. The lowest BCUT2D eigenvalue weighted by atomic mass is 9.83. The topological polar surface area (TPSA) is 47.3 Å². The molecule has 4 heteroatoms. The zero-order valence-corrected chi connectivity index (χ0v) is 10.8. The van der Waals surface area contributed by atoms with Crippen LogP contribution in [0.25, 0.3) is 0 Å². The minimum atomic E-state index is -0.0854. The number of aliphatic hydroxyl groups excluding tert-OH is 1. The van der Waals surface area contributed by atoms with Crippen LogP contribution in [0.2, 0.25) is 0 Å². The number of ether oxygens (including phenoxy) is 1. The zero-order chi connectivity index (χ0) is 12.3. The van der Waals surface area contributed by atoms with Crippen LogP contribution in [0.15, 0.2) is 6.07 Å². The second-order valence-corrected chi connectivity index (χ2v) is 4.93. The van der Waals surface area contributed by atoms with Gasteiger partial charge in [-0.3, -0.25) is 4.68 Å². The summed E-state index contributed by atoms with van der Waals surface area (Å²) in [7, 11) is 0. The van der Waals surface area contributed by atoms with E-state index in [4.69, 9.17) is 4.74 Å². The summed E-state index contributed by atoms with van der Waals surface area (Å²) in [6.07, 6.45) is 2.77. The molecule has 0 bridgehead atoms. The van der Waals surface area contributed by atoms with Gasteiger partial charge in [0, 0.05) is 24.3 Å². The van der Waals surface area contributed by atoms with Gasteiger partial charge in [-0.05, 0) is 32.3 Å². The molecule has 0 amide bonds. The van der Waals surface area contributed by atoms with Crippen molar-refractivity contribution >= 4 is 0 Å². The molecule has 1 aliphatic heterocycles. The Morgan fingerprint density at radius 1 is 1.53 bits per heavy atom. The van der Waals surface area contributed by atoms with Crippen LogP contribution in [0, 0.1) is 5.41 Å². The molecule has 2 rings (SSSR count). The average Bonchev–Trinajstić information content (AvgIpc) is 2.97. The van der Waals surface area contributed by atoms with Crippen LogP contribution in [0.5, 0.6) is 0 Å². The molecule has 1 N–H and O–H groups in total. The van der Waals surface area contributed by atoms with Gasteiger partial charge in [-0.1, -0.05) is 6.92 Å². The van der Waals surface area contributed by atoms with E-state index in [9.17, 15) is 5.11 Å². The summed E-state index contributed by atoms with van der Waals surface area (Å²) in [5, 5.41) is 14.1. The highest BCUT2D eigenvalue weighted by Crippen LogP contribution is 2.32. The number of hydrogen-bond acceptors (Lipinski definition) is 3. The summed E-state index contributed by atoms with van der Waals surface area (Å²) in [6.45, 7) is 6.74. The molecule has 1 unspecified atom stereocenters. The van der Waals surface area contributed by atoms with Crippen LogP contribution < -0.4 is 0 Å². The van der Waals surface area contributed by atoms with Gasteiger partial charge in [0.2, 0.25) is 0 Å². The number of aryl methyl sites for hydroxylation is 2. The van der Waals surface area contributed by atoms with Crippen molar-refractivity contribution in [3.05, 3.63) is 17.5 Å². The standard InChI is InChI=1S/C13H22N2O2/c1-3-11-7-12(15(4-2)14-11)8-13(9-16)5-6-17-10-13/h7,16H,3-6,8-10H2,1-2H3. The van der Waals surface area contributed by atoms with Gasteiger partial charge in [0.05, 0.1) is 18.9 Å². The first-order valence-electron chi connectivity index (χ1n) is 6.47. The van der Waals surface area contributed by atoms with Crippen LogP contribution in [0.1, 0.15) is 31.7 Å². The van der Waals surface area contributed by atoms with E-state index in [0.29, 0.717) is 6.61 Å². The second kappa shape index (κ2) is 5.19. The molecule has 0 radical (unpaired) electrons. The molecule has 1 aromatic heterocycles. The molecule has 0 saturated carbocycles. The third-order valence-electron chi connectivity index (χ3n) is 3.65. The number of aromatic nitrogens is 2. The van der Waals surface area contributed by atoms with E-state index < -0.39 is 0 Å². The molecule has 1 fully saturated rings. The lowest BCUT2D eigenvalue weighted by Crippen LogP contribution is -2.29. The SMILES string of the molecule is CCc1cc(CC2(CO)CCOC2)n(CC)n1. The van der Waals surface area contributed by atoms with Gasteiger partial charge in [0.1, 0.15) is 0 Å². The lowest BCUT2D eigenvalue weighted by molar-refractivity contribution is 0.0919. The molecular formula is C13H22N2O2. The van der Waals surface area contributed by atoms with Gasteiger partial charge in [-0.2, -0.15) is 5.10 Å². The highest BCUT2D eigenvalue weighted by atomic mass is 16.5. The largest absolute Gasteiger partial charge is 0.396 e.